The van der Waals surface area contributed by atoms with E-state index in [-0.39, 0.29) is 5.91 Å². The van der Waals surface area contributed by atoms with E-state index in [1.165, 1.54) is 22.9 Å². The van der Waals surface area contributed by atoms with Crippen molar-refractivity contribution in [3.8, 4) is 17.2 Å². The summed E-state index contributed by atoms with van der Waals surface area (Å²) in [5.74, 6) is 1.43. The van der Waals surface area contributed by atoms with Crippen LogP contribution in [0.15, 0.2) is 66.7 Å². The molecule has 1 saturated heterocycles. The molecule has 1 N–H and O–H groups in total. The van der Waals surface area contributed by atoms with Crippen LogP contribution in [0, 0.1) is 13.8 Å². The number of aryl methyl sites for hydroxylation is 2. The average Bonchev–Trinajstić information content (AvgIpc) is 2.91. The van der Waals surface area contributed by atoms with Crippen LogP contribution in [0.4, 0.5) is 5.69 Å². The molecule has 37 heavy (non-hydrogen) atoms. The van der Waals surface area contributed by atoms with Gasteiger partial charge in [-0.2, -0.15) is 0 Å². The van der Waals surface area contributed by atoms with Gasteiger partial charge >= 0.3 is 0 Å². The van der Waals surface area contributed by atoms with Crippen molar-refractivity contribution in [3.63, 3.8) is 0 Å². The molecule has 7 nitrogen and oxygen atoms in total. The molecule has 1 aliphatic heterocycles. The van der Waals surface area contributed by atoms with E-state index < -0.39 is 0 Å². The summed E-state index contributed by atoms with van der Waals surface area (Å²) in [6, 6.07) is 20.1. The fraction of sp³-hybridized carbons (Fsp3) is 0.300. The molecule has 194 valence electrons. The minimum Gasteiger partial charge on any atom is -0.493 e. The SMILES string of the molecule is COc1cc(/C=C/C(=O)NN2CCN(c3ccc(C)cc3C)CC2)cc(OC)c1OCc1ccccc1. The second-order valence-electron chi connectivity index (χ2n) is 9.10. The summed E-state index contributed by atoms with van der Waals surface area (Å²) in [5, 5.41) is 1.97. The number of ether oxygens (including phenoxy) is 3. The number of rotatable bonds is 9. The summed E-state index contributed by atoms with van der Waals surface area (Å²) in [6.45, 7) is 7.86. The molecular formula is C30H35N3O4. The lowest BCUT2D eigenvalue weighted by Gasteiger charge is -2.36. The van der Waals surface area contributed by atoms with Crippen LogP contribution in [-0.4, -0.2) is 51.3 Å². The summed E-state index contributed by atoms with van der Waals surface area (Å²) in [6.07, 6.45) is 3.27. The van der Waals surface area contributed by atoms with Gasteiger partial charge in [0, 0.05) is 37.9 Å². The second kappa shape index (κ2) is 12.3. The largest absolute Gasteiger partial charge is 0.493 e. The fourth-order valence-electron chi connectivity index (χ4n) is 4.45. The van der Waals surface area contributed by atoms with Gasteiger partial charge in [-0.15, -0.1) is 0 Å². The van der Waals surface area contributed by atoms with E-state index in [0.717, 1.165) is 37.3 Å². The lowest BCUT2D eigenvalue weighted by atomic mass is 10.1. The topological polar surface area (TPSA) is 63.3 Å². The quantitative estimate of drug-likeness (QED) is 0.427. The van der Waals surface area contributed by atoms with Gasteiger partial charge in [0.15, 0.2) is 11.5 Å². The molecule has 0 spiro atoms. The number of piperazine rings is 1. The zero-order chi connectivity index (χ0) is 26.2. The van der Waals surface area contributed by atoms with Gasteiger partial charge in [0.1, 0.15) is 6.61 Å². The standard InChI is InChI=1S/C30H35N3O4/c1-22-10-12-26(23(2)18-22)32-14-16-33(17-15-32)31-29(34)13-11-25-19-27(35-3)30(28(20-25)36-4)37-21-24-8-6-5-7-9-24/h5-13,18-20H,14-17,21H2,1-4H3,(H,31,34)/b13-11+. The highest BCUT2D eigenvalue weighted by atomic mass is 16.5. The molecule has 0 aromatic heterocycles. The van der Waals surface area contributed by atoms with Crippen LogP contribution in [0.5, 0.6) is 17.2 Å². The monoisotopic (exact) mass is 501 g/mol. The first-order valence-corrected chi connectivity index (χ1v) is 12.5. The van der Waals surface area contributed by atoms with Gasteiger partial charge < -0.3 is 19.1 Å². The van der Waals surface area contributed by atoms with Crippen LogP contribution in [0.2, 0.25) is 0 Å². The van der Waals surface area contributed by atoms with Crippen molar-refractivity contribution in [2.24, 2.45) is 0 Å². The van der Waals surface area contributed by atoms with Crippen molar-refractivity contribution in [2.75, 3.05) is 45.3 Å². The van der Waals surface area contributed by atoms with Crippen molar-refractivity contribution < 1.29 is 19.0 Å². The van der Waals surface area contributed by atoms with E-state index in [9.17, 15) is 4.79 Å². The third-order valence-electron chi connectivity index (χ3n) is 6.38. The van der Waals surface area contributed by atoms with Crippen molar-refractivity contribution in [2.45, 2.75) is 20.5 Å². The molecule has 4 rings (SSSR count). The van der Waals surface area contributed by atoms with Crippen molar-refractivity contribution in [1.82, 2.24) is 10.4 Å². The minimum atomic E-state index is -0.178. The number of benzene rings is 3. The zero-order valence-corrected chi connectivity index (χ0v) is 22.0. The zero-order valence-electron chi connectivity index (χ0n) is 22.0. The summed E-state index contributed by atoms with van der Waals surface area (Å²) in [7, 11) is 3.17. The third-order valence-corrected chi connectivity index (χ3v) is 6.38. The van der Waals surface area contributed by atoms with Gasteiger partial charge in [-0.3, -0.25) is 10.2 Å². The highest BCUT2D eigenvalue weighted by Gasteiger charge is 2.19. The van der Waals surface area contributed by atoms with Crippen LogP contribution in [0.1, 0.15) is 22.3 Å². The minimum absolute atomic E-state index is 0.178. The van der Waals surface area contributed by atoms with Gasteiger partial charge in [-0.05, 0) is 54.8 Å². The Bertz CT molecular complexity index is 1210. The Morgan fingerprint density at radius 2 is 1.59 bits per heavy atom. The summed E-state index contributed by atoms with van der Waals surface area (Å²) < 4.78 is 17.1. The predicted molar refractivity (Wildman–Crippen MR) is 147 cm³/mol. The number of hydrazine groups is 1. The lowest BCUT2D eigenvalue weighted by molar-refractivity contribution is -0.121. The fourth-order valence-corrected chi connectivity index (χ4v) is 4.45. The molecule has 0 bridgehead atoms. The summed E-state index contributed by atoms with van der Waals surface area (Å²) in [4.78, 5) is 15.0. The Morgan fingerprint density at radius 3 is 2.22 bits per heavy atom. The molecule has 3 aromatic rings. The highest BCUT2D eigenvalue weighted by molar-refractivity contribution is 5.91. The molecule has 3 aromatic carbocycles. The van der Waals surface area contributed by atoms with Crippen LogP contribution in [-0.2, 0) is 11.4 Å². The van der Waals surface area contributed by atoms with Gasteiger partial charge in [-0.1, -0.05) is 48.0 Å². The van der Waals surface area contributed by atoms with E-state index in [4.69, 9.17) is 14.2 Å². The molecule has 0 aliphatic carbocycles. The van der Waals surface area contributed by atoms with Crippen LogP contribution in [0.3, 0.4) is 0 Å². The Labute approximate surface area is 219 Å². The molecule has 0 saturated carbocycles. The molecule has 1 amide bonds. The maximum absolute atomic E-state index is 12.6. The van der Waals surface area contributed by atoms with E-state index in [1.54, 1.807) is 20.3 Å². The number of amides is 1. The van der Waals surface area contributed by atoms with Crippen LogP contribution < -0.4 is 24.5 Å². The van der Waals surface area contributed by atoms with E-state index >= 15 is 0 Å². The smallest absolute Gasteiger partial charge is 0.258 e. The molecule has 1 fully saturated rings. The average molecular weight is 502 g/mol. The number of nitrogens with one attached hydrogen (secondary N) is 1. The van der Waals surface area contributed by atoms with Crippen LogP contribution >= 0.6 is 0 Å². The van der Waals surface area contributed by atoms with E-state index in [1.807, 2.05) is 47.5 Å². The molecule has 1 aliphatic rings. The second-order valence-corrected chi connectivity index (χ2v) is 9.10. The number of anilines is 1. The molecule has 0 radical (unpaired) electrons. The van der Waals surface area contributed by atoms with E-state index in [2.05, 4.69) is 42.4 Å². The first kappa shape index (κ1) is 26.1. The molecular weight excluding hydrogens is 466 g/mol. The van der Waals surface area contributed by atoms with Crippen molar-refractivity contribution >= 4 is 17.7 Å². The Kier molecular flexibility index (Phi) is 8.69. The number of hydrogen-bond donors (Lipinski definition) is 1. The van der Waals surface area contributed by atoms with Gasteiger partial charge in [-0.25, -0.2) is 5.01 Å². The predicted octanol–water partition coefficient (Wildman–Crippen LogP) is 4.77. The Hall–Kier alpha value is -3.97. The third kappa shape index (κ3) is 6.83. The molecule has 1 heterocycles. The lowest BCUT2D eigenvalue weighted by Crippen LogP contribution is -2.53. The first-order chi connectivity index (χ1) is 18.0. The molecule has 0 atom stereocenters. The Balaban J connectivity index is 1.35. The van der Waals surface area contributed by atoms with E-state index in [0.29, 0.717) is 23.9 Å². The Morgan fingerprint density at radius 1 is 0.919 bits per heavy atom. The molecule has 7 heteroatoms. The van der Waals surface area contributed by atoms with Crippen molar-refractivity contribution in [1.29, 1.82) is 0 Å². The molecule has 0 unspecified atom stereocenters. The van der Waals surface area contributed by atoms with Gasteiger partial charge in [0.05, 0.1) is 14.2 Å². The number of hydrogen-bond acceptors (Lipinski definition) is 6. The van der Waals surface area contributed by atoms with Crippen molar-refractivity contribution in [3.05, 3.63) is 89.0 Å². The maximum Gasteiger partial charge on any atom is 0.258 e. The van der Waals surface area contributed by atoms with Gasteiger partial charge in [0.2, 0.25) is 5.75 Å². The normalized spacial score (nSPS) is 14.0. The van der Waals surface area contributed by atoms with Gasteiger partial charge in [0.25, 0.3) is 5.91 Å². The number of methoxy groups -OCH3 is 2. The summed E-state index contributed by atoms with van der Waals surface area (Å²) >= 11 is 0. The maximum atomic E-state index is 12.6. The number of nitrogens with zero attached hydrogens (tertiary/aromatic N) is 2. The number of carbonyl (C=O) groups is 1. The highest BCUT2D eigenvalue weighted by Crippen LogP contribution is 2.39. The van der Waals surface area contributed by atoms with Crippen LogP contribution in [0.25, 0.3) is 6.08 Å². The summed E-state index contributed by atoms with van der Waals surface area (Å²) in [5.41, 5.74) is 8.61. The first-order valence-electron chi connectivity index (χ1n) is 12.5. The number of carbonyl (C=O) groups excluding carboxylic acids is 1.